The Kier molecular flexibility index (Phi) is 4.73. The quantitative estimate of drug-likeness (QED) is 0.502. The van der Waals surface area contributed by atoms with E-state index in [1.165, 1.54) is 12.0 Å². The van der Waals surface area contributed by atoms with E-state index < -0.39 is 6.10 Å². The van der Waals surface area contributed by atoms with Crippen molar-refractivity contribution in [3.63, 3.8) is 0 Å². The first kappa shape index (κ1) is 18.5. The average Bonchev–Trinajstić information content (AvgIpc) is 2.78. The number of piperidine rings is 3. The smallest absolute Gasteiger partial charge is 0.131 e. The Hall–Kier alpha value is -2.49. The third kappa shape index (κ3) is 3.19. The Bertz CT molecular complexity index is 1010. The van der Waals surface area contributed by atoms with Crippen molar-refractivity contribution in [3.8, 4) is 0 Å². The number of para-hydroxylation sites is 1. The van der Waals surface area contributed by atoms with Crippen LogP contribution in [0.4, 0.5) is 0 Å². The molecule has 0 aliphatic carbocycles. The maximum Gasteiger partial charge on any atom is 0.131 e. The number of aromatic nitrogens is 1. The van der Waals surface area contributed by atoms with Crippen molar-refractivity contribution >= 4 is 10.9 Å². The second-order valence-corrected chi connectivity index (χ2v) is 8.88. The fraction of sp³-hybridized carbons (Fsp3) is 0.346. The Morgan fingerprint density at radius 2 is 1.90 bits per heavy atom. The maximum absolute atomic E-state index is 11.7. The van der Waals surface area contributed by atoms with Gasteiger partial charge in [-0.1, -0.05) is 54.6 Å². The van der Waals surface area contributed by atoms with E-state index in [9.17, 15) is 5.11 Å². The zero-order valence-corrected chi connectivity index (χ0v) is 16.8. The number of hydrogen-bond acceptors (Lipinski definition) is 2. The van der Waals surface area contributed by atoms with E-state index >= 15 is 0 Å². The molecule has 5 atom stereocenters. The van der Waals surface area contributed by atoms with Gasteiger partial charge in [-0.3, -0.25) is 4.98 Å². The molecule has 0 amide bonds. The third-order valence-corrected chi connectivity index (χ3v) is 7.38. The predicted molar refractivity (Wildman–Crippen MR) is 117 cm³/mol. The molecule has 3 aliphatic rings. The summed E-state index contributed by atoms with van der Waals surface area (Å²) in [7, 11) is 0. The lowest BCUT2D eigenvalue weighted by Gasteiger charge is -2.58. The number of nitrogens with zero attached hydrogens (tertiary/aromatic N) is 2. The van der Waals surface area contributed by atoms with Crippen LogP contribution >= 0.6 is 0 Å². The zero-order chi connectivity index (χ0) is 19.8. The predicted octanol–water partition coefficient (Wildman–Crippen LogP) is 4.88. The van der Waals surface area contributed by atoms with Crippen molar-refractivity contribution in [2.45, 2.75) is 31.5 Å². The summed E-state index contributed by atoms with van der Waals surface area (Å²) in [6.45, 7) is 7.32. The van der Waals surface area contributed by atoms with E-state index in [0.717, 1.165) is 47.0 Å². The van der Waals surface area contributed by atoms with E-state index in [2.05, 4.69) is 54.0 Å². The first-order chi connectivity index (χ1) is 14.2. The molecule has 1 aromatic heterocycles. The van der Waals surface area contributed by atoms with Crippen LogP contribution in [0.1, 0.15) is 30.1 Å². The molecule has 4 heterocycles. The van der Waals surface area contributed by atoms with Crippen LogP contribution in [0, 0.1) is 11.8 Å². The Labute approximate surface area is 172 Å². The maximum atomic E-state index is 11.7. The van der Waals surface area contributed by atoms with Crippen LogP contribution in [0.5, 0.6) is 0 Å². The van der Waals surface area contributed by atoms with Gasteiger partial charge in [0.25, 0.3) is 0 Å². The summed E-state index contributed by atoms with van der Waals surface area (Å²) >= 11 is 0. The summed E-state index contributed by atoms with van der Waals surface area (Å²) in [5.74, 6) is 1.18. The van der Waals surface area contributed by atoms with Crippen LogP contribution in [-0.4, -0.2) is 33.7 Å². The molecule has 0 saturated carbocycles. The molecule has 3 fully saturated rings. The van der Waals surface area contributed by atoms with Gasteiger partial charge in [0, 0.05) is 35.9 Å². The molecule has 0 spiro atoms. The molecular weight excluding hydrogens is 356 g/mol. The molecule has 3 aromatic rings. The highest BCUT2D eigenvalue weighted by Gasteiger charge is 2.53. The molecule has 3 nitrogen and oxygen atoms in total. The van der Waals surface area contributed by atoms with Gasteiger partial charge >= 0.3 is 0 Å². The largest absolute Gasteiger partial charge is 0.382 e. The minimum absolute atomic E-state index is 0.205. The van der Waals surface area contributed by atoms with Gasteiger partial charge in [0.1, 0.15) is 18.7 Å². The fourth-order valence-corrected chi connectivity index (χ4v) is 5.91. The van der Waals surface area contributed by atoms with E-state index in [1.807, 2.05) is 30.5 Å². The molecule has 29 heavy (non-hydrogen) atoms. The van der Waals surface area contributed by atoms with Crippen LogP contribution in [0.2, 0.25) is 0 Å². The molecule has 148 valence electrons. The lowest BCUT2D eigenvalue weighted by atomic mass is 9.71. The van der Waals surface area contributed by atoms with Gasteiger partial charge in [0.05, 0.1) is 18.6 Å². The molecule has 2 aromatic carbocycles. The summed E-state index contributed by atoms with van der Waals surface area (Å²) in [6.07, 6.45) is 5.79. The second kappa shape index (κ2) is 7.40. The van der Waals surface area contributed by atoms with E-state index in [0.29, 0.717) is 11.8 Å². The van der Waals surface area contributed by atoms with Crippen LogP contribution in [-0.2, 0) is 6.54 Å². The van der Waals surface area contributed by atoms with Crippen molar-refractivity contribution < 1.29 is 9.59 Å². The number of benzene rings is 2. The molecular formula is C26H29N2O+. The van der Waals surface area contributed by atoms with Crippen molar-refractivity contribution in [1.82, 2.24) is 4.98 Å². The van der Waals surface area contributed by atoms with Gasteiger partial charge in [0.15, 0.2) is 0 Å². The van der Waals surface area contributed by atoms with E-state index in [4.69, 9.17) is 0 Å². The van der Waals surface area contributed by atoms with Crippen LogP contribution < -0.4 is 0 Å². The van der Waals surface area contributed by atoms with E-state index in [-0.39, 0.29) is 6.04 Å². The molecule has 1 N–H and O–H groups in total. The SMILES string of the molecule is C=CC1C[N+]2(Cc3ccccc3)CC[C@H]1C[C@H]2[C@@H](O)c1ccnc2ccccc12. The Balaban J connectivity index is 1.56. The van der Waals surface area contributed by atoms with Crippen molar-refractivity contribution in [2.24, 2.45) is 11.8 Å². The number of fused-ring (bicyclic) bond motifs is 4. The molecule has 2 bridgehead atoms. The number of rotatable bonds is 5. The molecule has 3 aliphatic heterocycles. The number of aliphatic hydroxyl groups excluding tert-OH is 1. The number of pyridine rings is 1. The third-order valence-electron chi connectivity index (χ3n) is 7.38. The number of quaternary nitrogens is 1. The standard InChI is InChI=1S/C26H29N2O/c1-2-20-18-28(17-19-8-4-3-5-9-19)15-13-21(20)16-25(28)26(29)23-12-14-27-24-11-7-6-10-22(23)24/h2-12,14,20-21,25-26,29H,1,13,15-18H2/q+1/t20?,21-,25-,26-,28?/m0/s1. The zero-order valence-electron chi connectivity index (χ0n) is 16.8. The van der Waals surface area contributed by atoms with Crippen molar-refractivity contribution in [2.75, 3.05) is 13.1 Å². The molecule has 3 heteroatoms. The average molecular weight is 386 g/mol. The van der Waals surface area contributed by atoms with Crippen LogP contribution in [0.15, 0.2) is 79.5 Å². The van der Waals surface area contributed by atoms with Crippen molar-refractivity contribution in [1.29, 1.82) is 0 Å². The summed E-state index contributed by atoms with van der Waals surface area (Å²) in [5.41, 5.74) is 3.33. The Morgan fingerprint density at radius 1 is 1.10 bits per heavy atom. The first-order valence-electron chi connectivity index (χ1n) is 10.7. The summed E-state index contributed by atoms with van der Waals surface area (Å²) < 4.78 is 0.953. The summed E-state index contributed by atoms with van der Waals surface area (Å²) in [5, 5.41) is 12.8. The van der Waals surface area contributed by atoms with Gasteiger partial charge in [-0.25, -0.2) is 0 Å². The van der Waals surface area contributed by atoms with Gasteiger partial charge in [-0.15, -0.1) is 6.58 Å². The highest BCUT2D eigenvalue weighted by Crippen LogP contribution is 2.47. The fourth-order valence-electron chi connectivity index (χ4n) is 5.91. The first-order valence-corrected chi connectivity index (χ1v) is 10.7. The van der Waals surface area contributed by atoms with Crippen molar-refractivity contribution in [3.05, 3.63) is 90.6 Å². The second-order valence-electron chi connectivity index (χ2n) is 8.88. The molecule has 0 radical (unpaired) electrons. The number of hydrogen-bond donors (Lipinski definition) is 1. The normalized spacial score (nSPS) is 29.6. The van der Waals surface area contributed by atoms with Crippen LogP contribution in [0.25, 0.3) is 10.9 Å². The number of aliphatic hydroxyl groups is 1. The summed E-state index contributed by atoms with van der Waals surface area (Å²) in [4.78, 5) is 4.50. The highest BCUT2D eigenvalue weighted by atomic mass is 16.3. The van der Waals surface area contributed by atoms with Gasteiger partial charge < -0.3 is 9.59 Å². The minimum Gasteiger partial charge on any atom is -0.382 e. The van der Waals surface area contributed by atoms with E-state index in [1.54, 1.807) is 0 Å². The molecule has 2 unspecified atom stereocenters. The Morgan fingerprint density at radius 3 is 2.72 bits per heavy atom. The lowest BCUT2D eigenvalue weighted by molar-refractivity contribution is -0.984. The topological polar surface area (TPSA) is 33.1 Å². The van der Waals surface area contributed by atoms with Gasteiger partial charge in [0.2, 0.25) is 0 Å². The van der Waals surface area contributed by atoms with Crippen LogP contribution in [0.3, 0.4) is 0 Å². The molecule has 3 saturated heterocycles. The lowest BCUT2D eigenvalue weighted by Crippen LogP contribution is -2.67. The molecule has 6 rings (SSSR count). The van der Waals surface area contributed by atoms with Gasteiger partial charge in [-0.2, -0.15) is 0 Å². The summed E-state index contributed by atoms with van der Waals surface area (Å²) in [6, 6.07) is 21.2. The monoisotopic (exact) mass is 385 g/mol. The highest BCUT2D eigenvalue weighted by molar-refractivity contribution is 5.82. The minimum atomic E-state index is -0.486. The van der Waals surface area contributed by atoms with Gasteiger partial charge in [-0.05, 0) is 23.6 Å².